The summed E-state index contributed by atoms with van der Waals surface area (Å²) in [5.41, 5.74) is -5.17. The fraction of sp³-hybridized carbons (Fsp3) is 0.860. The summed E-state index contributed by atoms with van der Waals surface area (Å²) in [6.45, 7) is 19.4. The molecule has 18 atom stereocenters. The van der Waals surface area contributed by atoms with E-state index in [-0.39, 0.29) is 38.1 Å². The number of nitrogens with one attached hydrogen (secondary N) is 2. The molecule has 0 radical (unpaired) electrons. The highest BCUT2D eigenvalue weighted by Gasteiger charge is 2.59. The highest BCUT2D eigenvalue weighted by Crippen LogP contribution is 2.44. The van der Waals surface area contributed by atoms with Crippen molar-refractivity contribution in [3.8, 4) is 0 Å². The lowest BCUT2D eigenvalue weighted by Crippen LogP contribution is -2.70. The number of aliphatic hydroxyl groups is 5. The third-order valence-electron chi connectivity index (χ3n) is 15.9. The van der Waals surface area contributed by atoms with E-state index in [1.807, 2.05) is 38.9 Å². The zero-order valence-electron chi connectivity index (χ0n) is 44.3. The fourth-order valence-electron chi connectivity index (χ4n) is 11.3. The van der Waals surface area contributed by atoms with Gasteiger partial charge in [-0.2, -0.15) is 12.7 Å². The molecule has 5 rings (SSSR count). The number of carbonyl (C=O) groups excluding carboxylic acids is 1. The normalized spacial score (nSPS) is 42.4. The molecule has 4 saturated heterocycles. The Balaban J connectivity index is 1.54. The number of carbonyl (C=O) groups is 1. The first-order valence-electron chi connectivity index (χ1n) is 25.4. The summed E-state index contributed by atoms with van der Waals surface area (Å²) in [5.74, 6) is -3.13. The maximum atomic E-state index is 14.6. The number of rotatable bonds is 13. The Bertz CT molecular complexity index is 1960. The summed E-state index contributed by atoms with van der Waals surface area (Å²) >= 11 is 0. The van der Waals surface area contributed by atoms with Gasteiger partial charge in [-0.1, -0.05) is 33.3 Å². The van der Waals surface area contributed by atoms with E-state index in [9.17, 15) is 38.7 Å². The Morgan fingerprint density at radius 2 is 1.60 bits per heavy atom. The highest BCUT2D eigenvalue weighted by molar-refractivity contribution is 7.90. The van der Waals surface area contributed by atoms with Gasteiger partial charge in [0.05, 0.1) is 47.7 Å². The average molecular weight is 1020 g/mol. The molecule has 0 amide bonds. The van der Waals surface area contributed by atoms with Gasteiger partial charge in [0.2, 0.25) is 0 Å². The molecule has 4 aliphatic rings. The summed E-state index contributed by atoms with van der Waals surface area (Å²) < 4.78 is 70.6. The van der Waals surface area contributed by atoms with E-state index in [0.717, 1.165) is 42.3 Å². The minimum absolute atomic E-state index is 0.0437. The van der Waals surface area contributed by atoms with Crippen LogP contribution < -0.4 is 14.9 Å². The molecule has 0 spiro atoms. The van der Waals surface area contributed by atoms with Crippen molar-refractivity contribution in [2.24, 2.45) is 17.8 Å². The number of piperidine rings is 1. The summed E-state index contributed by atoms with van der Waals surface area (Å²) in [6.07, 6.45) is -6.97. The molecule has 20 heteroatoms. The van der Waals surface area contributed by atoms with E-state index < -0.39 is 118 Å². The van der Waals surface area contributed by atoms with Gasteiger partial charge >= 0.3 is 16.2 Å². The van der Waals surface area contributed by atoms with E-state index in [4.69, 9.17) is 28.4 Å². The first kappa shape index (κ1) is 58.6. The van der Waals surface area contributed by atoms with E-state index >= 15 is 0 Å². The Morgan fingerprint density at radius 1 is 0.943 bits per heavy atom. The molecule has 7 N–H and O–H groups in total. The number of ether oxygens (including phenoxy) is 6. The largest absolute Gasteiger partial charge is 0.459 e. The number of benzene rings is 1. The van der Waals surface area contributed by atoms with Crippen molar-refractivity contribution in [3.05, 3.63) is 24.3 Å². The van der Waals surface area contributed by atoms with E-state index in [1.165, 1.54) is 21.1 Å². The van der Waals surface area contributed by atoms with Crippen LogP contribution in [0.2, 0.25) is 0 Å². The smallest absolute Gasteiger partial charge is 0.311 e. The van der Waals surface area contributed by atoms with Crippen LogP contribution in [0.15, 0.2) is 24.3 Å². The number of hydrogen-bond donors (Lipinski definition) is 7. The number of aliphatic hydroxyl groups excluding tert-OH is 2. The first-order valence-corrected chi connectivity index (χ1v) is 26.8. The summed E-state index contributed by atoms with van der Waals surface area (Å²) in [7, 11) is 2.35. The van der Waals surface area contributed by atoms with E-state index in [0.29, 0.717) is 12.2 Å². The number of nitrogens with zero attached hydrogens (tertiary/aromatic N) is 3. The molecule has 0 aliphatic carbocycles. The molecule has 1 aromatic rings. The predicted molar refractivity (Wildman–Crippen MR) is 266 cm³/mol. The fourth-order valence-corrected chi connectivity index (χ4v) is 12.4. The zero-order valence-corrected chi connectivity index (χ0v) is 45.1. The molecule has 404 valence electrons. The van der Waals surface area contributed by atoms with E-state index in [2.05, 4.69) is 14.9 Å². The van der Waals surface area contributed by atoms with Crippen LogP contribution >= 0.6 is 0 Å². The number of methoxy groups -OCH3 is 1. The van der Waals surface area contributed by atoms with Gasteiger partial charge in [-0.25, -0.2) is 0 Å². The monoisotopic (exact) mass is 1020 g/mol. The van der Waals surface area contributed by atoms with Crippen LogP contribution in [0, 0.1) is 17.8 Å². The lowest BCUT2D eigenvalue weighted by molar-refractivity contribution is -0.339. The third kappa shape index (κ3) is 13.1. The number of cyclic esters (lactones) is 1. The SMILES string of the molecule is CC[C@H]1OC(=O)[C@H](C)[C@@H](O[C@H]2C[C@@](C)(OC)[C@](O)(CN3CCCCC3)[C@H](C)O2)[C@H](C)[C@@H](O[C@H]2O[C@@H](C)C[C@@H](N(C)S(=O)(=O)Nc3cccc(N(C)C)c3)[C@@H]2O)[C@](C)(O)C[C@@H](C)CN[C@H](C)[C@@H](O)[C@]1(C)O. The van der Waals surface area contributed by atoms with E-state index in [1.54, 1.807) is 66.7 Å². The lowest BCUT2D eigenvalue weighted by atomic mass is 9.74. The second-order valence-corrected chi connectivity index (χ2v) is 23.7. The minimum Gasteiger partial charge on any atom is -0.459 e. The molecule has 0 saturated carbocycles. The molecule has 4 heterocycles. The molecular formula is C50H89N5O14S. The zero-order chi connectivity index (χ0) is 52.3. The number of likely N-dealkylation sites (N-methyl/N-ethyl adjacent to an activating group) is 1. The van der Waals surface area contributed by atoms with Crippen molar-refractivity contribution in [2.45, 2.75) is 204 Å². The van der Waals surface area contributed by atoms with Crippen LogP contribution in [0.5, 0.6) is 0 Å². The van der Waals surface area contributed by atoms with Crippen molar-refractivity contribution in [3.63, 3.8) is 0 Å². The Labute approximate surface area is 418 Å². The molecular weight excluding hydrogens is 927 g/mol. The first-order chi connectivity index (χ1) is 32.5. The Morgan fingerprint density at radius 3 is 2.21 bits per heavy atom. The van der Waals surface area contributed by atoms with Gasteiger partial charge in [0.1, 0.15) is 35.1 Å². The maximum absolute atomic E-state index is 14.6. The van der Waals surface area contributed by atoms with Crippen molar-refractivity contribution in [2.75, 3.05) is 64.1 Å². The van der Waals surface area contributed by atoms with Crippen LogP contribution in [0.1, 0.15) is 114 Å². The number of anilines is 2. The number of esters is 1. The maximum Gasteiger partial charge on any atom is 0.311 e. The van der Waals surface area contributed by atoms with Crippen LogP contribution in [0.3, 0.4) is 0 Å². The topological polar surface area (TPSA) is 242 Å². The van der Waals surface area contributed by atoms with Gasteiger partial charge in [-0.15, -0.1) is 0 Å². The van der Waals surface area contributed by atoms with Crippen molar-refractivity contribution < 1.29 is 67.2 Å². The molecule has 4 aliphatic heterocycles. The van der Waals surface area contributed by atoms with Gasteiger partial charge in [0.15, 0.2) is 12.6 Å². The van der Waals surface area contributed by atoms with Crippen molar-refractivity contribution in [1.82, 2.24) is 14.5 Å². The number of likely N-dealkylation sites (tertiary alicyclic amines) is 1. The molecule has 19 nitrogen and oxygen atoms in total. The van der Waals surface area contributed by atoms with Crippen LogP contribution in [-0.4, -0.2) is 193 Å². The van der Waals surface area contributed by atoms with Crippen LogP contribution in [0.25, 0.3) is 0 Å². The highest BCUT2D eigenvalue weighted by atomic mass is 32.2. The third-order valence-corrected chi connectivity index (χ3v) is 17.4. The Kier molecular flexibility index (Phi) is 19.7. The molecule has 4 fully saturated rings. The van der Waals surface area contributed by atoms with Gasteiger partial charge in [0, 0.05) is 58.9 Å². The molecule has 70 heavy (non-hydrogen) atoms. The van der Waals surface area contributed by atoms with Gasteiger partial charge in [-0.05, 0) is 124 Å². The average Bonchev–Trinajstić information content (AvgIpc) is 3.29. The van der Waals surface area contributed by atoms with Crippen molar-refractivity contribution >= 4 is 27.6 Å². The minimum atomic E-state index is -4.26. The second kappa shape index (κ2) is 23.5. The molecule has 1 aromatic carbocycles. The van der Waals surface area contributed by atoms with Crippen molar-refractivity contribution in [1.29, 1.82) is 0 Å². The summed E-state index contributed by atoms with van der Waals surface area (Å²) in [5, 5.41) is 64.1. The molecule has 0 unspecified atom stereocenters. The summed E-state index contributed by atoms with van der Waals surface area (Å²) in [4.78, 5) is 18.7. The molecule has 0 aromatic heterocycles. The van der Waals surface area contributed by atoms with Crippen LogP contribution in [-0.2, 0) is 43.4 Å². The standard InChI is InChI=1S/C50H89N5O14S/c1-15-39-49(10,60)43(57)34(6)51-28-30(2)26-47(8,59)44(69-46-41(56)38(24-31(3)65-46)54(13)70(62,63)52-36-20-19-21-37(25-36)53(11)12)32(4)42(33(5)45(58)67-39)68-40-27-48(9,64-14)50(61,35(7)66-40)29-55-22-17-16-18-23-55/h19-21,25,30-35,38-44,46,51-52,56-57,59-61H,15-18,22-24,26-29H2,1-14H3/t30-,31+,32+,33-,34-,35+,38-,39-,40+,41+,42+,43-,44-,46-,47-,48-,49-,50+/m1/s1. The van der Waals surface area contributed by atoms with Gasteiger partial charge < -0.3 is 69.1 Å². The number of β-amino-alcohol motifs (C(OH)–C–C–N with tert-alkyl or cyclic N) is 1. The number of hydrogen-bond acceptors (Lipinski definition) is 17. The quantitative estimate of drug-likeness (QED) is 0.140. The van der Waals surface area contributed by atoms with Gasteiger partial charge in [-0.3, -0.25) is 9.52 Å². The second-order valence-electron chi connectivity index (χ2n) is 22.0. The van der Waals surface area contributed by atoms with Crippen LogP contribution in [0.4, 0.5) is 11.4 Å². The van der Waals surface area contributed by atoms with Gasteiger partial charge in [0.25, 0.3) is 0 Å². The predicted octanol–water partition coefficient (Wildman–Crippen LogP) is 3.21. The Hall–Kier alpha value is -2.28. The summed E-state index contributed by atoms with van der Waals surface area (Å²) in [6, 6.07) is 5.20. The lowest BCUT2D eigenvalue weighted by Gasteiger charge is -2.55. The molecule has 0 bridgehead atoms.